The number of carbonyl (C=O) groups excluding carboxylic acids is 2. The first-order valence-corrected chi connectivity index (χ1v) is 4.72. The van der Waals surface area contributed by atoms with Crippen LogP contribution in [0.15, 0.2) is 12.2 Å². The molecule has 0 aliphatic rings. The quantitative estimate of drug-likeness (QED) is 0.407. The van der Waals surface area contributed by atoms with Gasteiger partial charge in [0.05, 0.1) is 13.2 Å². The molecule has 0 N–H and O–H groups in total. The predicted molar refractivity (Wildman–Crippen MR) is 60.2 cm³/mol. The van der Waals surface area contributed by atoms with E-state index in [9.17, 15) is 9.59 Å². The molecule has 0 aromatic carbocycles. The summed E-state index contributed by atoms with van der Waals surface area (Å²) in [4.78, 5) is 21.7. The van der Waals surface area contributed by atoms with Crippen LogP contribution in [0, 0.1) is 0 Å². The standard InChI is InChI=1S/C10H16O4.Sr.2H/c1-3-7-13-9(11)5-6-10(12)14-8-4-2;;;/h5-6H,3-4,7-8H2,1-2H3;;;/b6-5+;;;. The second-order valence-electron chi connectivity index (χ2n) is 2.67. The minimum absolute atomic E-state index is 0. The molecule has 5 heteroatoms. The van der Waals surface area contributed by atoms with Gasteiger partial charge in [-0.05, 0) is 12.8 Å². The fraction of sp³-hybridized carbons (Fsp3) is 0.600. The molecule has 15 heavy (non-hydrogen) atoms. The number of rotatable bonds is 6. The summed E-state index contributed by atoms with van der Waals surface area (Å²) in [7, 11) is 0. The number of carbonyl (C=O) groups is 2. The number of hydrogen-bond donors (Lipinski definition) is 0. The molecule has 0 aromatic heterocycles. The molecule has 0 aliphatic carbocycles. The predicted octanol–water partition coefficient (Wildman–Crippen LogP) is 0.533. The molecule has 0 spiro atoms. The molecule has 0 saturated carbocycles. The second kappa shape index (κ2) is 12.2. The van der Waals surface area contributed by atoms with Gasteiger partial charge in [0, 0.05) is 12.2 Å². The van der Waals surface area contributed by atoms with Gasteiger partial charge in [-0.15, -0.1) is 0 Å². The van der Waals surface area contributed by atoms with Crippen molar-refractivity contribution in [1.82, 2.24) is 0 Å². The first-order valence-electron chi connectivity index (χ1n) is 4.72. The SMILES string of the molecule is CCCOC(=O)/C=C/C(=O)OCCC.[SrH2]. The monoisotopic (exact) mass is 290 g/mol. The zero-order chi connectivity index (χ0) is 10.8. The van der Waals surface area contributed by atoms with E-state index in [1.165, 1.54) is 0 Å². The summed E-state index contributed by atoms with van der Waals surface area (Å²) in [6.45, 7) is 4.53. The summed E-state index contributed by atoms with van der Waals surface area (Å²) >= 11 is 0. The minimum atomic E-state index is -0.514. The van der Waals surface area contributed by atoms with E-state index >= 15 is 0 Å². The Hall–Kier alpha value is 0.161. The van der Waals surface area contributed by atoms with Gasteiger partial charge in [0.1, 0.15) is 0 Å². The third-order valence-corrected chi connectivity index (χ3v) is 1.25. The van der Waals surface area contributed by atoms with Crippen LogP contribution in [-0.2, 0) is 19.1 Å². The van der Waals surface area contributed by atoms with Crippen LogP contribution in [0.4, 0.5) is 0 Å². The van der Waals surface area contributed by atoms with Crippen molar-refractivity contribution in [1.29, 1.82) is 0 Å². The maximum absolute atomic E-state index is 10.9. The van der Waals surface area contributed by atoms with Gasteiger partial charge in [-0.3, -0.25) is 0 Å². The summed E-state index contributed by atoms with van der Waals surface area (Å²) in [6.07, 6.45) is 3.68. The Morgan fingerprint density at radius 3 is 1.53 bits per heavy atom. The number of esters is 2. The van der Waals surface area contributed by atoms with Crippen molar-refractivity contribution in [2.75, 3.05) is 13.2 Å². The zero-order valence-electron chi connectivity index (χ0n) is 8.62. The normalized spacial score (nSPS) is 9.47. The van der Waals surface area contributed by atoms with Crippen molar-refractivity contribution < 1.29 is 19.1 Å². The zero-order valence-corrected chi connectivity index (χ0v) is 8.62. The Morgan fingerprint density at radius 2 is 1.27 bits per heavy atom. The van der Waals surface area contributed by atoms with E-state index in [-0.39, 0.29) is 45.5 Å². The van der Waals surface area contributed by atoms with Crippen LogP contribution in [0.2, 0.25) is 0 Å². The van der Waals surface area contributed by atoms with Gasteiger partial charge in [-0.2, -0.15) is 0 Å². The first-order chi connectivity index (χ1) is 6.70. The number of hydrogen-bond acceptors (Lipinski definition) is 4. The van der Waals surface area contributed by atoms with Crippen molar-refractivity contribution in [2.24, 2.45) is 0 Å². The van der Waals surface area contributed by atoms with Gasteiger partial charge >= 0.3 is 57.4 Å². The van der Waals surface area contributed by atoms with Crippen LogP contribution in [0.1, 0.15) is 26.7 Å². The molecule has 4 nitrogen and oxygen atoms in total. The van der Waals surface area contributed by atoms with E-state index in [0.717, 1.165) is 25.0 Å². The molecule has 84 valence electrons. The summed E-state index contributed by atoms with van der Waals surface area (Å²) in [5, 5.41) is 0. The van der Waals surface area contributed by atoms with E-state index in [0.29, 0.717) is 13.2 Å². The summed E-state index contributed by atoms with van der Waals surface area (Å²) < 4.78 is 9.43. The third kappa shape index (κ3) is 12.1. The molecular formula is C10H18O4Sr. The van der Waals surface area contributed by atoms with Crippen molar-refractivity contribution in [3.63, 3.8) is 0 Å². The summed E-state index contributed by atoms with van der Waals surface area (Å²) in [6, 6.07) is 0. The molecule has 0 atom stereocenters. The topological polar surface area (TPSA) is 52.6 Å². The van der Waals surface area contributed by atoms with E-state index in [2.05, 4.69) is 0 Å². The Balaban J connectivity index is 0. The van der Waals surface area contributed by atoms with Crippen LogP contribution in [0.5, 0.6) is 0 Å². The molecule has 0 aromatic rings. The third-order valence-electron chi connectivity index (χ3n) is 1.25. The average molecular weight is 290 g/mol. The molecular weight excluding hydrogens is 272 g/mol. The Kier molecular flexibility index (Phi) is 14.3. The van der Waals surface area contributed by atoms with Crippen LogP contribution < -0.4 is 0 Å². The Bertz CT molecular complexity index is 191. The van der Waals surface area contributed by atoms with Gasteiger partial charge in [0.25, 0.3) is 0 Å². The summed E-state index contributed by atoms with van der Waals surface area (Å²) in [5.74, 6) is -1.03. The van der Waals surface area contributed by atoms with Gasteiger partial charge in [-0.1, -0.05) is 13.8 Å². The second-order valence-corrected chi connectivity index (χ2v) is 2.67. The molecule has 0 heterocycles. The van der Waals surface area contributed by atoms with E-state index < -0.39 is 11.9 Å². The van der Waals surface area contributed by atoms with E-state index in [1.807, 2.05) is 13.8 Å². The van der Waals surface area contributed by atoms with Crippen LogP contribution >= 0.6 is 0 Å². The Morgan fingerprint density at radius 1 is 0.933 bits per heavy atom. The average Bonchev–Trinajstić information content (AvgIpc) is 2.20. The fourth-order valence-corrected chi connectivity index (χ4v) is 0.638. The first kappa shape index (κ1) is 17.6. The molecule has 0 aliphatic heterocycles. The molecule has 0 amide bonds. The molecule has 0 rings (SSSR count). The van der Waals surface area contributed by atoms with Gasteiger partial charge in [-0.25, -0.2) is 9.59 Å². The van der Waals surface area contributed by atoms with E-state index in [1.54, 1.807) is 0 Å². The molecule has 0 unspecified atom stereocenters. The van der Waals surface area contributed by atoms with Crippen molar-refractivity contribution >= 4 is 57.4 Å². The van der Waals surface area contributed by atoms with Gasteiger partial charge in [0.15, 0.2) is 0 Å². The van der Waals surface area contributed by atoms with Gasteiger partial charge in [0.2, 0.25) is 0 Å². The summed E-state index contributed by atoms with van der Waals surface area (Å²) in [5.41, 5.74) is 0. The maximum atomic E-state index is 10.9. The van der Waals surface area contributed by atoms with Crippen molar-refractivity contribution in [3.8, 4) is 0 Å². The van der Waals surface area contributed by atoms with Gasteiger partial charge < -0.3 is 9.47 Å². The fourth-order valence-electron chi connectivity index (χ4n) is 0.638. The van der Waals surface area contributed by atoms with Crippen LogP contribution in [0.3, 0.4) is 0 Å². The molecule has 0 bridgehead atoms. The molecule has 0 radical (unpaired) electrons. The number of ether oxygens (including phenoxy) is 2. The Labute approximate surface area is 127 Å². The van der Waals surface area contributed by atoms with Crippen molar-refractivity contribution in [2.45, 2.75) is 26.7 Å². The van der Waals surface area contributed by atoms with Crippen molar-refractivity contribution in [3.05, 3.63) is 12.2 Å². The van der Waals surface area contributed by atoms with E-state index in [4.69, 9.17) is 9.47 Å². The van der Waals surface area contributed by atoms with Crippen LogP contribution in [-0.4, -0.2) is 70.6 Å². The molecule has 0 fully saturated rings. The van der Waals surface area contributed by atoms with Crippen LogP contribution in [0.25, 0.3) is 0 Å². The molecule has 0 saturated heterocycles.